The summed E-state index contributed by atoms with van der Waals surface area (Å²) in [6, 6.07) is 63.5. The van der Waals surface area contributed by atoms with Gasteiger partial charge in [-0.2, -0.15) is 0 Å². The van der Waals surface area contributed by atoms with Crippen molar-refractivity contribution >= 4 is 65.0 Å². The van der Waals surface area contributed by atoms with Crippen LogP contribution in [0.3, 0.4) is 0 Å². The van der Waals surface area contributed by atoms with Gasteiger partial charge in [0.25, 0.3) is 0 Å². The summed E-state index contributed by atoms with van der Waals surface area (Å²) in [4.78, 5) is 0. The van der Waals surface area contributed by atoms with Gasteiger partial charge in [-0.25, -0.2) is 0 Å². The normalized spacial score (nSPS) is 17.8. The minimum absolute atomic E-state index is 0.108. The Morgan fingerprint density at radius 1 is 0.340 bits per heavy atom. The third kappa shape index (κ3) is 5.11. The molecule has 252 valence electrons. The van der Waals surface area contributed by atoms with Crippen LogP contribution in [-0.2, 0) is 0 Å². The summed E-state index contributed by atoms with van der Waals surface area (Å²) >= 11 is 0. The molecule has 1 fully saturated rings. The molecule has 11 rings (SSSR count). The lowest BCUT2D eigenvalue weighted by Crippen LogP contribution is -2.54. The predicted molar refractivity (Wildman–Crippen MR) is 220 cm³/mol. The van der Waals surface area contributed by atoms with Crippen molar-refractivity contribution in [2.45, 2.75) is 18.5 Å². The van der Waals surface area contributed by atoms with E-state index < -0.39 is 0 Å². The van der Waals surface area contributed by atoms with E-state index in [1.165, 1.54) is 65.3 Å². The fourth-order valence-electron chi connectivity index (χ4n) is 8.49. The lowest BCUT2D eigenvalue weighted by atomic mass is 9.96. The first-order chi connectivity index (χ1) is 26.2. The molecule has 2 unspecified atom stereocenters. The average molecular weight is 682 g/mol. The zero-order chi connectivity index (χ0) is 34.9. The van der Waals surface area contributed by atoms with E-state index >= 15 is 0 Å². The van der Waals surface area contributed by atoms with Crippen LogP contribution in [0.25, 0.3) is 76.2 Å². The van der Waals surface area contributed by atoms with E-state index in [4.69, 9.17) is 4.42 Å². The number of fused-ring (bicyclic) bond motifs is 9. The molecule has 9 aromatic carbocycles. The summed E-state index contributed by atoms with van der Waals surface area (Å²) < 4.78 is 6.22. The lowest BCUT2D eigenvalue weighted by molar-refractivity contribution is 0.203. The second kappa shape index (κ2) is 12.1. The van der Waals surface area contributed by atoms with E-state index in [0.717, 1.165) is 27.5 Å². The molecule has 10 aromatic rings. The van der Waals surface area contributed by atoms with Crippen LogP contribution in [0.2, 0.25) is 0 Å². The Bertz CT molecular complexity index is 2890. The van der Waals surface area contributed by atoms with Crippen LogP contribution in [0.15, 0.2) is 180 Å². The van der Waals surface area contributed by atoms with Gasteiger partial charge in [-0.3, -0.25) is 16.0 Å². The monoisotopic (exact) mass is 681 g/mol. The van der Waals surface area contributed by atoms with Crippen molar-refractivity contribution < 1.29 is 4.42 Å². The van der Waals surface area contributed by atoms with Gasteiger partial charge in [-0.1, -0.05) is 152 Å². The molecule has 3 N–H and O–H groups in total. The maximum absolute atomic E-state index is 6.22. The van der Waals surface area contributed by atoms with E-state index in [1.807, 2.05) is 12.1 Å². The summed E-state index contributed by atoms with van der Waals surface area (Å²) in [5.41, 5.74) is 7.73. The molecular formula is C49H35N3O. The molecule has 2 heterocycles. The zero-order valence-corrected chi connectivity index (χ0v) is 28.9. The second-order valence-electron chi connectivity index (χ2n) is 14.2. The Hall–Kier alpha value is -6.30. The van der Waals surface area contributed by atoms with Crippen molar-refractivity contribution in [2.24, 2.45) is 0 Å². The van der Waals surface area contributed by atoms with Crippen LogP contribution < -0.4 is 16.0 Å². The zero-order valence-electron chi connectivity index (χ0n) is 28.9. The van der Waals surface area contributed by atoms with E-state index in [-0.39, 0.29) is 18.5 Å². The molecule has 4 nitrogen and oxygen atoms in total. The van der Waals surface area contributed by atoms with Crippen molar-refractivity contribution in [1.29, 1.82) is 0 Å². The number of para-hydroxylation sites is 1. The Morgan fingerprint density at radius 3 is 1.40 bits per heavy atom. The number of nitrogens with one attached hydrogen (secondary N) is 3. The van der Waals surface area contributed by atoms with Crippen LogP contribution in [-0.4, -0.2) is 0 Å². The highest BCUT2D eigenvalue weighted by atomic mass is 16.3. The molecule has 0 amide bonds. The largest absolute Gasteiger partial charge is 0.456 e. The van der Waals surface area contributed by atoms with Crippen molar-refractivity contribution in [3.05, 3.63) is 193 Å². The molecule has 53 heavy (non-hydrogen) atoms. The first-order valence-electron chi connectivity index (χ1n) is 18.4. The molecule has 4 heteroatoms. The van der Waals surface area contributed by atoms with Gasteiger partial charge < -0.3 is 4.42 Å². The van der Waals surface area contributed by atoms with Crippen molar-refractivity contribution in [1.82, 2.24) is 16.0 Å². The Labute approximate surface area is 306 Å². The highest BCUT2D eigenvalue weighted by Gasteiger charge is 2.30. The molecule has 1 aromatic heterocycles. The molecule has 0 saturated carbocycles. The van der Waals surface area contributed by atoms with Gasteiger partial charge in [0.1, 0.15) is 11.2 Å². The molecule has 1 aliphatic heterocycles. The van der Waals surface area contributed by atoms with E-state index in [9.17, 15) is 0 Å². The summed E-state index contributed by atoms with van der Waals surface area (Å²) in [6.45, 7) is 0. The number of benzene rings is 9. The summed E-state index contributed by atoms with van der Waals surface area (Å²) in [5, 5.41) is 24.2. The van der Waals surface area contributed by atoms with Gasteiger partial charge in [-0.15, -0.1) is 0 Å². The van der Waals surface area contributed by atoms with E-state index in [1.54, 1.807) is 0 Å². The maximum Gasteiger partial charge on any atom is 0.136 e. The molecule has 0 aliphatic carbocycles. The summed E-state index contributed by atoms with van der Waals surface area (Å²) in [7, 11) is 0. The molecule has 2 atom stereocenters. The van der Waals surface area contributed by atoms with Crippen LogP contribution in [0.1, 0.15) is 35.2 Å². The van der Waals surface area contributed by atoms with Crippen LogP contribution in [0, 0.1) is 0 Å². The minimum Gasteiger partial charge on any atom is -0.456 e. The van der Waals surface area contributed by atoms with Crippen LogP contribution in [0.4, 0.5) is 0 Å². The second-order valence-corrected chi connectivity index (χ2v) is 14.2. The standard InChI is InChI=1S/C49H35N3O/c1-3-10-38-30(8-1)16-18-33-22-26-36(28-42(33)38)48-50-47(51-49(52-48)37-27-23-34-19-17-31-9-2-4-11-39(31)43(34)29-37)35-24-20-32(21-25-35)40-13-7-15-45-46(40)41-12-5-6-14-44(41)53-45/h1-29,47-52H. The molecule has 0 bridgehead atoms. The summed E-state index contributed by atoms with van der Waals surface area (Å²) in [5.74, 6) is 0. The predicted octanol–water partition coefficient (Wildman–Crippen LogP) is 12.0. The van der Waals surface area contributed by atoms with Crippen molar-refractivity contribution in [2.75, 3.05) is 0 Å². The first kappa shape index (κ1) is 30.3. The fourth-order valence-corrected chi connectivity index (χ4v) is 8.49. The lowest BCUT2D eigenvalue weighted by Gasteiger charge is -2.40. The van der Waals surface area contributed by atoms with Gasteiger partial charge in [-0.05, 0) is 95.2 Å². The van der Waals surface area contributed by atoms with Crippen LogP contribution >= 0.6 is 0 Å². The Morgan fingerprint density at radius 2 is 0.792 bits per heavy atom. The highest BCUT2D eigenvalue weighted by Crippen LogP contribution is 2.38. The smallest absolute Gasteiger partial charge is 0.136 e. The van der Waals surface area contributed by atoms with Gasteiger partial charge >= 0.3 is 0 Å². The highest BCUT2D eigenvalue weighted by molar-refractivity contribution is 6.12. The molecule has 1 aliphatic rings. The Kier molecular flexibility index (Phi) is 6.95. The molecule has 0 radical (unpaired) electrons. The molecular weight excluding hydrogens is 647 g/mol. The minimum atomic E-state index is -0.114. The van der Waals surface area contributed by atoms with Crippen molar-refractivity contribution in [3.63, 3.8) is 0 Å². The number of rotatable bonds is 4. The third-order valence-electron chi connectivity index (χ3n) is 11.2. The van der Waals surface area contributed by atoms with Gasteiger partial charge in [0.05, 0.1) is 18.5 Å². The number of furan rings is 1. The topological polar surface area (TPSA) is 49.2 Å². The van der Waals surface area contributed by atoms with Crippen molar-refractivity contribution in [3.8, 4) is 11.1 Å². The van der Waals surface area contributed by atoms with E-state index in [0.29, 0.717) is 0 Å². The molecule has 0 spiro atoms. The summed E-state index contributed by atoms with van der Waals surface area (Å²) in [6.07, 6.45) is -0.329. The van der Waals surface area contributed by atoms with Crippen LogP contribution in [0.5, 0.6) is 0 Å². The molecule has 1 saturated heterocycles. The fraction of sp³-hybridized carbons (Fsp3) is 0.0612. The Balaban J connectivity index is 1.01. The first-order valence-corrected chi connectivity index (χ1v) is 18.4. The van der Waals surface area contributed by atoms with E-state index in [2.05, 4.69) is 180 Å². The third-order valence-corrected chi connectivity index (χ3v) is 11.2. The van der Waals surface area contributed by atoms with Gasteiger partial charge in [0, 0.05) is 10.8 Å². The number of hydrogen-bond acceptors (Lipinski definition) is 4. The van der Waals surface area contributed by atoms with Gasteiger partial charge in [0.2, 0.25) is 0 Å². The maximum atomic E-state index is 6.22. The quantitative estimate of drug-likeness (QED) is 0.162. The SMILES string of the molecule is c1ccc2c(c1)ccc1ccc(C3NC(c4ccc(-c5cccc6oc7ccccc7c56)cc4)NC(c4ccc5ccc6ccccc6c5c4)N3)cc12. The number of hydrogen-bond donors (Lipinski definition) is 3. The average Bonchev–Trinajstić information content (AvgIpc) is 3.62. The van der Waals surface area contributed by atoms with Gasteiger partial charge in [0.15, 0.2) is 0 Å².